The number of hydrogen-bond acceptors (Lipinski definition) is 6. The van der Waals surface area contributed by atoms with Gasteiger partial charge in [-0.3, -0.25) is 9.71 Å². The minimum atomic E-state index is -3.73. The van der Waals surface area contributed by atoms with Gasteiger partial charge >= 0.3 is 0 Å². The van der Waals surface area contributed by atoms with Gasteiger partial charge in [0.25, 0.3) is 10.0 Å². The second kappa shape index (κ2) is 15.6. The molecule has 0 aliphatic heterocycles. The SMILES string of the molecule is CCCCCCCCc1nc(-c2ccc(S(=O)(=O)Nc3ccc(CCNCC(O)c4cccnc4)cc3)cc2)c(C)[nH]1. The fourth-order valence-corrected chi connectivity index (χ4v) is 5.96. The molecule has 0 spiro atoms. The van der Waals surface area contributed by atoms with Crippen LogP contribution in [0.2, 0.25) is 0 Å². The van der Waals surface area contributed by atoms with Crippen molar-refractivity contribution in [1.29, 1.82) is 0 Å². The zero-order valence-electron chi connectivity index (χ0n) is 24.6. The van der Waals surface area contributed by atoms with E-state index in [1.54, 1.807) is 42.7 Å². The largest absolute Gasteiger partial charge is 0.387 e. The van der Waals surface area contributed by atoms with Crippen molar-refractivity contribution in [2.45, 2.75) is 76.2 Å². The Bertz CT molecular complexity index is 1470. The summed E-state index contributed by atoms with van der Waals surface area (Å²) in [6, 6.07) is 17.9. The highest BCUT2D eigenvalue weighted by atomic mass is 32.2. The van der Waals surface area contributed by atoms with Gasteiger partial charge in [-0.2, -0.15) is 0 Å². The molecule has 0 amide bonds. The number of imidazole rings is 1. The van der Waals surface area contributed by atoms with Gasteiger partial charge in [-0.05, 0) is 62.2 Å². The molecule has 9 heteroatoms. The molecule has 224 valence electrons. The average Bonchev–Trinajstić information content (AvgIpc) is 3.38. The highest BCUT2D eigenvalue weighted by Gasteiger charge is 2.16. The molecule has 8 nitrogen and oxygen atoms in total. The number of pyridine rings is 1. The van der Waals surface area contributed by atoms with Gasteiger partial charge in [0.15, 0.2) is 0 Å². The van der Waals surface area contributed by atoms with Crippen LogP contribution in [0.4, 0.5) is 5.69 Å². The summed E-state index contributed by atoms with van der Waals surface area (Å²) >= 11 is 0. The Morgan fingerprint density at radius 2 is 1.67 bits per heavy atom. The molecule has 0 bridgehead atoms. The Labute approximate surface area is 250 Å². The number of aliphatic hydroxyl groups excluding tert-OH is 1. The van der Waals surface area contributed by atoms with E-state index in [-0.39, 0.29) is 4.90 Å². The summed E-state index contributed by atoms with van der Waals surface area (Å²) in [6.07, 6.45) is 11.9. The van der Waals surface area contributed by atoms with E-state index < -0.39 is 16.1 Å². The van der Waals surface area contributed by atoms with Crippen LogP contribution in [0.15, 0.2) is 78.0 Å². The number of sulfonamides is 1. The molecule has 4 aromatic rings. The number of aromatic nitrogens is 3. The third-order valence-corrected chi connectivity index (χ3v) is 8.74. The lowest BCUT2D eigenvalue weighted by Gasteiger charge is -2.12. The summed E-state index contributed by atoms with van der Waals surface area (Å²) in [4.78, 5) is 12.4. The van der Waals surface area contributed by atoms with Crippen LogP contribution in [-0.4, -0.2) is 41.6 Å². The number of aliphatic hydroxyl groups is 1. The fourth-order valence-electron chi connectivity index (χ4n) is 4.90. The van der Waals surface area contributed by atoms with Crippen LogP contribution in [0.3, 0.4) is 0 Å². The summed E-state index contributed by atoms with van der Waals surface area (Å²) < 4.78 is 28.8. The molecule has 4 N–H and O–H groups in total. The van der Waals surface area contributed by atoms with E-state index in [2.05, 4.69) is 26.9 Å². The first-order valence-corrected chi connectivity index (χ1v) is 16.4. The number of aromatic amines is 1. The number of aryl methyl sites for hydroxylation is 2. The molecule has 0 fully saturated rings. The van der Waals surface area contributed by atoms with Crippen molar-refractivity contribution >= 4 is 15.7 Å². The predicted octanol–water partition coefficient (Wildman–Crippen LogP) is 6.35. The maximum atomic E-state index is 13.0. The van der Waals surface area contributed by atoms with Crippen molar-refractivity contribution in [1.82, 2.24) is 20.3 Å². The Morgan fingerprint density at radius 1 is 0.929 bits per heavy atom. The molecule has 0 saturated carbocycles. The van der Waals surface area contributed by atoms with E-state index in [9.17, 15) is 13.5 Å². The van der Waals surface area contributed by atoms with Crippen molar-refractivity contribution in [2.24, 2.45) is 0 Å². The minimum absolute atomic E-state index is 0.201. The van der Waals surface area contributed by atoms with Gasteiger partial charge in [-0.15, -0.1) is 0 Å². The number of nitrogens with one attached hydrogen (secondary N) is 3. The number of nitrogens with zero attached hydrogens (tertiary/aromatic N) is 2. The highest BCUT2D eigenvalue weighted by Crippen LogP contribution is 2.25. The number of anilines is 1. The Kier molecular flexibility index (Phi) is 11.7. The number of hydrogen-bond donors (Lipinski definition) is 4. The van der Waals surface area contributed by atoms with Crippen LogP contribution in [0.5, 0.6) is 0 Å². The van der Waals surface area contributed by atoms with Crippen molar-refractivity contribution in [3.05, 3.63) is 95.7 Å². The molecule has 0 aliphatic rings. The molecule has 0 aliphatic carbocycles. The Balaban J connectivity index is 1.26. The maximum Gasteiger partial charge on any atom is 0.261 e. The maximum absolute atomic E-state index is 13.0. The van der Waals surface area contributed by atoms with Crippen LogP contribution in [0.1, 0.15) is 74.2 Å². The molecule has 2 heterocycles. The molecule has 1 atom stereocenters. The standard InChI is InChI=1S/C33H43N5O3S/c1-3-4-5-6-7-8-11-32-36-25(2)33(37-32)27-14-18-30(19-15-27)42(40,41)38-29-16-12-26(13-17-29)20-22-35-24-31(39)28-10-9-21-34-23-28/h9-10,12-19,21,23,31,35,38-39H,3-8,11,20,22,24H2,1-2H3,(H,36,37). The van der Waals surface area contributed by atoms with Gasteiger partial charge in [0.05, 0.1) is 16.7 Å². The molecule has 2 aromatic carbocycles. The lowest BCUT2D eigenvalue weighted by Crippen LogP contribution is -2.23. The number of benzene rings is 2. The third-order valence-electron chi connectivity index (χ3n) is 7.34. The van der Waals surface area contributed by atoms with Crippen LogP contribution >= 0.6 is 0 Å². The first-order chi connectivity index (χ1) is 20.4. The molecule has 42 heavy (non-hydrogen) atoms. The van der Waals surface area contributed by atoms with Crippen LogP contribution in [-0.2, 0) is 22.9 Å². The Morgan fingerprint density at radius 3 is 2.38 bits per heavy atom. The van der Waals surface area contributed by atoms with Gasteiger partial charge in [-0.1, -0.05) is 69.4 Å². The summed E-state index contributed by atoms with van der Waals surface area (Å²) in [5.74, 6) is 0.984. The van der Waals surface area contributed by atoms with E-state index in [4.69, 9.17) is 4.98 Å². The van der Waals surface area contributed by atoms with Crippen molar-refractivity contribution in [3.8, 4) is 11.3 Å². The van der Waals surface area contributed by atoms with Gasteiger partial charge in [0.2, 0.25) is 0 Å². The van der Waals surface area contributed by atoms with E-state index in [0.29, 0.717) is 18.8 Å². The second-order valence-electron chi connectivity index (χ2n) is 10.8. The average molecular weight is 590 g/mol. The molecular weight excluding hydrogens is 546 g/mol. The zero-order chi connectivity index (χ0) is 29.8. The lowest BCUT2D eigenvalue weighted by molar-refractivity contribution is 0.174. The predicted molar refractivity (Wildman–Crippen MR) is 169 cm³/mol. The quantitative estimate of drug-likeness (QED) is 0.107. The van der Waals surface area contributed by atoms with E-state index in [1.165, 1.54) is 32.1 Å². The zero-order valence-corrected chi connectivity index (χ0v) is 25.5. The van der Waals surface area contributed by atoms with Gasteiger partial charge in [0, 0.05) is 47.9 Å². The first-order valence-electron chi connectivity index (χ1n) is 14.9. The topological polar surface area (TPSA) is 120 Å². The summed E-state index contributed by atoms with van der Waals surface area (Å²) in [7, 11) is -3.73. The van der Waals surface area contributed by atoms with Crippen molar-refractivity contribution in [2.75, 3.05) is 17.8 Å². The second-order valence-corrected chi connectivity index (χ2v) is 12.4. The minimum Gasteiger partial charge on any atom is -0.387 e. The molecule has 0 saturated heterocycles. The van der Waals surface area contributed by atoms with Crippen molar-refractivity contribution in [3.63, 3.8) is 0 Å². The first kappa shape index (κ1) is 31.4. The fraction of sp³-hybridized carbons (Fsp3) is 0.394. The summed E-state index contributed by atoms with van der Waals surface area (Å²) in [5.41, 5.74) is 5.10. The van der Waals surface area contributed by atoms with Crippen LogP contribution < -0.4 is 10.0 Å². The van der Waals surface area contributed by atoms with Gasteiger partial charge < -0.3 is 15.4 Å². The summed E-state index contributed by atoms with van der Waals surface area (Å²) in [6.45, 7) is 5.35. The molecule has 0 radical (unpaired) electrons. The molecule has 1 unspecified atom stereocenters. The normalized spacial score (nSPS) is 12.4. The number of unbranched alkanes of at least 4 members (excludes halogenated alkanes) is 5. The van der Waals surface area contributed by atoms with E-state index in [1.807, 2.05) is 37.3 Å². The lowest BCUT2D eigenvalue weighted by atomic mass is 10.1. The third kappa shape index (κ3) is 9.24. The summed E-state index contributed by atoms with van der Waals surface area (Å²) in [5, 5.41) is 13.5. The van der Waals surface area contributed by atoms with Crippen LogP contribution in [0.25, 0.3) is 11.3 Å². The molecule has 4 rings (SSSR count). The number of rotatable bonds is 17. The molecular formula is C33H43N5O3S. The van der Waals surface area contributed by atoms with E-state index >= 15 is 0 Å². The van der Waals surface area contributed by atoms with Gasteiger partial charge in [0.1, 0.15) is 5.82 Å². The monoisotopic (exact) mass is 589 g/mol. The van der Waals surface area contributed by atoms with Crippen molar-refractivity contribution < 1.29 is 13.5 Å². The highest BCUT2D eigenvalue weighted by molar-refractivity contribution is 7.92. The van der Waals surface area contributed by atoms with Gasteiger partial charge in [-0.25, -0.2) is 13.4 Å². The Hall–Kier alpha value is -3.53. The van der Waals surface area contributed by atoms with E-state index in [0.717, 1.165) is 53.2 Å². The molecule has 2 aromatic heterocycles. The van der Waals surface area contributed by atoms with Crippen LogP contribution in [0, 0.1) is 6.92 Å². The number of H-pyrrole nitrogens is 1. The smallest absolute Gasteiger partial charge is 0.261 e.